The van der Waals surface area contributed by atoms with Gasteiger partial charge in [0.05, 0.1) is 12.6 Å². The van der Waals surface area contributed by atoms with Gasteiger partial charge < -0.3 is 20.0 Å². The van der Waals surface area contributed by atoms with Crippen LogP contribution in [0.2, 0.25) is 0 Å². The van der Waals surface area contributed by atoms with Gasteiger partial charge in [0.25, 0.3) is 0 Å². The fourth-order valence-corrected chi connectivity index (χ4v) is 4.53. The maximum Gasteiger partial charge on any atom is 0.317 e. The maximum atomic E-state index is 12.7. The number of likely N-dealkylation sites (tertiary alicyclic amines) is 1. The number of aromatic nitrogens is 1. The molecule has 8 heteroatoms. The monoisotopic (exact) mass is 385 g/mol. The molecule has 4 amide bonds. The first-order valence-corrected chi connectivity index (χ1v) is 10.00. The van der Waals surface area contributed by atoms with E-state index in [2.05, 4.69) is 16.4 Å². The first-order valence-electron chi connectivity index (χ1n) is 10.00. The molecular formula is C20H27N5O3. The van der Waals surface area contributed by atoms with Gasteiger partial charge in [-0.1, -0.05) is 6.07 Å². The van der Waals surface area contributed by atoms with E-state index >= 15 is 0 Å². The minimum atomic E-state index is -0.429. The molecule has 3 saturated heterocycles. The van der Waals surface area contributed by atoms with Crippen molar-refractivity contribution in [3.8, 4) is 0 Å². The number of nitrogens with zero attached hydrogens (tertiary/aromatic N) is 4. The van der Waals surface area contributed by atoms with Crippen molar-refractivity contribution in [1.29, 1.82) is 0 Å². The van der Waals surface area contributed by atoms with Gasteiger partial charge >= 0.3 is 6.03 Å². The highest BCUT2D eigenvalue weighted by atomic mass is 16.2. The molecule has 0 spiro atoms. The Balaban J connectivity index is 1.26. The van der Waals surface area contributed by atoms with Crippen molar-refractivity contribution in [1.82, 2.24) is 25.0 Å². The van der Waals surface area contributed by atoms with Crippen LogP contribution in [-0.4, -0.2) is 82.8 Å². The van der Waals surface area contributed by atoms with Gasteiger partial charge in [0.2, 0.25) is 11.8 Å². The van der Waals surface area contributed by atoms with E-state index in [4.69, 9.17) is 0 Å². The molecule has 1 N–H and O–H groups in total. The quantitative estimate of drug-likeness (QED) is 0.820. The van der Waals surface area contributed by atoms with Crippen LogP contribution in [0.3, 0.4) is 0 Å². The molecule has 150 valence electrons. The van der Waals surface area contributed by atoms with Crippen LogP contribution in [0.1, 0.15) is 24.8 Å². The van der Waals surface area contributed by atoms with Crippen molar-refractivity contribution in [3.63, 3.8) is 0 Å². The lowest BCUT2D eigenvalue weighted by Gasteiger charge is -2.33. The van der Waals surface area contributed by atoms with E-state index < -0.39 is 6.04 Å². The third-order valence-corrected chi connectivity index (χ3v) is 6.13. The number of likely N-dealkylation sites (N-methyl/N-ethyl adjacent to an activating group) is 1. The summed E-state index contributed by atoms with van der Waals surface area (Å²) >= 11 is 0. The lowest BCUT2D eigenvalue weighted by molar-refractivity contribution is -0.152. The summed E-state index contributed by atoms with van der Waals surface area (Å²) in [4.78, 5) is 46.2. The minimum absolute atomic E-state index is 0.0347. The second-order valence-corrected chi connectivity index (χ2v) is 8.13. The first-order chi connectivity index (χ1) is 13.5. The number of hydrogen-bond acceptors (Lipinski definition) is 4. The fraction of sp³-hybridized carbons (Fsp3) is 0.600. The van der Waals surface area contributed by atoms with Crippen LogP contribution in [0.4, 0.5) is 4.79 Å². The summed E-state index contributed by atoms with van der Waals surface area (Å²) in [5, 5.41) is 3.04. The Hall–Kier alpha value is -2.64. The van der Waals surface area contributed by atoms with Crippen LogP contribution in [-0.2, 0) is 16.0 Å². The highest BCUT2D eigenvalue weighted by Gasteiger charge is 2.45. The van der Waals surface area contributed by atoms with Crippen LogP contribution in [0.15, 0.2) is 24.5 Å². The smallest absolute Gasteiger partial charge is 0.317 e. The van der Waals surface area contributed by atoms with Crippen molar-refractivity contribution in [3.05, 3.63) is 30.1 Å². The van der Waals surface area contributed by atoms with Gasteiger partial charge in [-0.25, -0.2) is 4.79 Å². The molecule has 0 bridgehead atoms. The van der Waals surface area contributed by atoms with Gasteiger partial charge in [0.15, 0.2) is 0 Å². The minimum Gasteiger partial charge on any atom is -0.335 e. The molecule has 0 aromatic carbocycles. The number of amides is 4. The van der Waals surface area contributed by atoms with E-state index in [1.54, 1.807) is 18.1 Å². The summed E-state index contributed by atoms with van der Waals surface area (Å²) in [5.41, 5.74) is 1.24. The number of carbonyl (C=O) groups excluding carboxylic acids is 3. The number of urea groups is 1. The second kappa shape index (κ2) is 7.77. The Bertz CT molecular complexity index is 747. The van der Waals surface area contributed by atoms with E-state index in [0.717, 1.165) is 32.4 Å². The van der Waals surface area contributed by atoms with Crippen LogP contribution in [0.25, 0.3) is 0 Å². The van der Waals surface area contributed by atoms with Crippen LogP contribution < -0.4 is 5.32 Å². The number of piperazine rings is 1. The van der Waals surface area contributed by atoms with Crippen molar-refractivity contribution in [2.24, 2.45) is 5.92 Å². The summed E-state index contributed by atoms with van der Waals surface area (Å²) in [7, 11) is 1.65. The summed E-state index contributed by atoms with van der Waals surface area (Å²) in [6, 6.07) is 3.38. The van der Waals surface area contributed by atoms with Crippen molar-refractivity contribution >= 4 is 17.8 Å². The average molecular weight is 385 g/mol. The number of pyridine rings is 1. The van der Waals surface area contributed by atoms with E-state index in [0.29, 0.717) is 18.9 Å². The number of nitrogens with one attached hydrogen (secondary N) is 1. The van der Waals surface area contributed by atoms with E-state index in [9.17, 15) is 14.4 Å². The Labute approximate surface area is 164 Å². The van der Waals surface area contributed by atoms with Crippen molar-refractivity contribution in [2.75, 3.05) is 33.2 Å². The van der Waals surface area contributed by atoms with Crippen molar-refractivity contribution < 1.29 is 14.4 Å². The predicted molar refractivity (Wildman–Crippen MR) is 102 cm³/mol. The zero-order valence-electron chi connectivity index (χ0n) is 16.2. The van der Waals surface area contributed by atoms with Gasteiger partial charge in [-0.2, -0.15) is 0 Å². The zero-order chi connectivity index (χ0) is 19.7. The fourth-order valence-electron chi connectivity index (χ4n) is 4.53. The highest BCUT2D eigenvalue weighted by Crippen LogP contribution is 2.25. The Kier molecular flexibility index (Phi) is 5.19. The number of hydrogen-bond donors (Lipinski definition) is 1. The first kappa shape index (κ1) is 18.7. The molecule has 4 rings (SSSR count). The molecule has 1 aromatic heterocycles. The Morgan fingerprint density at radius 2 is 2.07 bits per heavy atom. The number of fused-ring (bicyclic) bond motifs is 1. The number of rotatable bonds is 3. The van der Waals surface area contributed by atoms with Gasteiger partial charge in [-0.05, 0) is 43.2 Å². The van der Waals surface area contributed by atoms with Crippen LogP contribution in [0, 0.1) is 5.92 Å². The molecule has 3 aliphatic heterocycles. The molecule has 0 unspecified atom stereocenters. The molecule has 3 aliphatic rings. The Morgan fingerprint density at radius 1 is 1.29 bits per heavy atom. The van der Waals surface area contributed by atoms with Gasteiger partial charge in [-0.15, -0.1) is 0 Å². The van der Waals surface area contributed by atoms with E-state index in [1.807, 2.05) is 17.2 Å². The highest BCUT2D eigenvalue weighted by molar-refractivity contribution is 5.95. The van der Waals surface area contributed by atoms with E-state index in [-0.39, 0.29) is 30.4 Å². The molecule has 2 atom stereocenters. The molecular weight excluding hydrogens is 358 g/mol. The van der Waals surface area contributed by atoms with Gasteiger partial charge in [0, 0.05) is 39.1 Å². The van der Waals surface area contributed by atoms with Crippen LogP contribution >= 0.6 is 0 Å². The van der Waals surface area contributed by atoms with E-state index in [1.165, 1.54) is 10.5 Å². The SMILES string of the molecule is CN1CC(=O)N2C[C@H](NC(=O)N3CCC(Cc4cccnc4)CC3)C[C@H]2C1=O. The summed E-state index contributed by atoms with van der Waals surface area (Å²) in [5.74, 6) is 0.493. The Morgan fingerprint density at radius 3 is 2.79 bits per heavy atom. The summed E-state index contributed by atoms with van der Waals surface area (Å²) < 4.78 is 0. The molecule has 3 fully saturated rings. The molecule has 28 heavy (non-hydrogen) atoms. The maximum absolute atomic E-state index is 12.7. The standard InChI is InChI=1S/C20H27N5O3/c1-23-13-18(26)25-12-16(10-17(25)19(23)27)22-20(28)24-7-4-14(5-8-24)9-15-3-2-6-21-11-15/h2-3,6,11,14,16-17H,4-5,7-10,12-13H2,1H3,(H,22,28)/t16-,17+/m1/s1. The summed E-state index contributed by atoms with van der Waals surface area (Å²) in [6.45, 7) is 2.02. The molecule has 0 saturated carbocycles. The lowest BCUT2D eigenvalue weighted by Crippen LogP contribution is -2.56. The molecule has 1 aromatic rings. The third-order valence-electron chi connectivity index (χ3n) is 6.13. The lowest BCUT2D eigenvalue weighted by atomic mass is 9.91. The third kappa shape index (κ3) is 3.81. The number of carbonyl (C=O) groups is 3. The molecule has 8 nitrogen and oxygen atoms in total. The van der Waals surface area contributed by atoms with Gasteiger partial charge in [0.1, 0.15) is 6.04 Å². The molecule has 0 radical (unpaired) electrons. The average Bonchev–Trinajstić information content (AvgIpc) is 3.12. The largest absolute Gasteiger partial charge is 0.335 e. The molecule has 0 aliphatic carbocycles. The zero-order valence-corrected chi connectivity index (χ0v) is 16.2. The number of piperidine rings is 1. The van der Waals surface area contributed by atoms with Crippen LogP contribution in [0.5, 0.6) is 0 Å². The topological polar surface area (TPSA) is 85.8 Å². The second-order valence-electron chi connectivity index (χ2n) is 8.13. The predicted octanol–water partition coefficient (Wildman–Crippen LogP) is 0.487. The van der Waals surface area contributed by atoms with Gasteiger partial charge in [-0.3, -0.25) is 14.6 Å². The van der Waals surface area contributed by atoms with Crippen molar-refractivity contribution in [2.45, 2.75) is 37.8 Å². The summed E-state index contributed by atoms with van der Waals surface area (Å²) in [6.07, 6.45) is 7.14. The molecule has 4 heterocycles. The normalized spacial score (nSPS) is 25.8.